The number of nitrogens with zero attached hydrogens (tertiary/aromatic N) is 2. The Morgan fingerprint density at radius 1 is 1.35 bits per heavy atom. The van der Waals surface area contributed by atoms with Crippen molar-refractivity contribution in [3.63, 3.8) is 0 Å². The molecule has 2 rings (SSSR count). The maximum atomic E-state index is 12.4. The average Bonchev–Trinajstić information content (AvgIpc) is 2.78. The molecule has 0 radical (unpaired) electrons. The van der Waals surface area contributed by atoms with Crippen LogP contribution in [0.3, 0.4) is 0 Å². The summed E-state index contributed by atoms with van der Waals surface area (Å²) in [5, 5.41) is 4.08. The van der Waals surface area contributed by atoms with E-state index in [0.29, 0.717) is 5.78 Å². The van der Waals surface area contributed by atoms with E-state index in [1.165, 1.54) is 24.4 Å². The van der Waals surface area contributed by atoms with Gasteiger partial charge in [0, 0.05) is 5.92 Å². The zero-order valence-electron chi connectivity index (χ0n) is 10.6. The largest absolute Gasteiger partial charge is 0.293 e. The van der Waals surface area contributed by atoms with E-state index in [-0.39, 0.29) is 5.92 Å². The summed E-state index contributed by atoms with van der Waals surface area (Å²) < 4.78 is 3.94. The summed E-state index contributed by atoms with van der Waals surface area (Å²) in [5.74, 6) is 1.31. The van der Waals surface area contributed by atoms with Crippen LogP contribution < -0.4 is 0 Å². The zero-order valence-corrected chi connectivity index (χ0v) is 11.4. The highest BCUT2D eigenvalue weighted by Crippen LogP contribution is 2.31. The third-order valence-electron chi connectivity index (χ3n) is 3.65. The fraction of sp³-hybridized carbons (Fsp3) is 0.769. The van der Waals surface area contributed by atoms with Gasteiger partial charge in [-0.05, 0) is 36.7 Å². The number of hydrogen-bond acceptors (Lipinski definition) is 4. The van der Waals surface area contributed by atoms with Crippen molar-refractivity contribution in [1.82, 2.24) is 9.59 Å². The minimum absolute atomic E-state index is 0.226. The maximum absolute atomic E-state index is 12.4. The van der Waals surface area contributed by atoms with Gasteiger partial charge in [-0.15, -0.1) is 5.10 Å². The van der Waals surface area contributed by atoms with Crippen molar-refractivity contribution in [1.29, 1.82) is 0 Å². The Balaban J connectivity index is 2.06. The Labute approximate surface area is 107 Å². The fourth-order valence-electron chi connectivity index (χ4n) is 2.50. The van der Waals surface area contributed by atoms with E-state index in [2.05, 4.69) is 23.4 Å². The molecule has 0 N–H and O–H groups in total. The molecule has 4 heteroatoms. The first-order valence-electron chi connectivity index (χ1n) is 6.57. The number of aromatic nitrogens is 2. The summed E-state index contributed by atoms with van der Waals surface area (Å²) in [4.78, 5) is 13.2. The number of carbonyl (C=O) groups excluding carboxylic acids is 1. The lowest BCUT2D eigenvalue weighted by molar-refractivity contribution is 0.0879. The zero-order chi connectivity index (χ0) is 12.3. The molecule has 0 aromatic carbocycles. The molecule has 1 fully saturated rings. The first-order valence-corrected chi connectivity index (χ1v) is 7.35. The second kappa shape index (κ2) is 5.71. The van der Waals surface area contributed by atoms with Crippen molar-refractivity contribution in [2.45, 2.75) is 52.4 Å². The number of rotatable bonds is 4. The van der Waals surface area contributed by atoms with Gasteiger partial charge in [0.25, 0.3) is 0 Å². The summed E-state index contributed by atoms with van der Waals surface area (Å²) >= 11 is 1.28. The lowest BCUT2D eigenvalue weighted by atomic mass is 9.80. The minimum Gasteiger partial charge on any atom is -0.293 e. The highest BCUT2D eigenvalue weighted by molar-refractivity contribution is 7.08. The Morgan fingerprint density at radius 3 is 2.71 bits per heavy atom. The van der Waals surface area contributed by atoms with E-state index in [0.717, 1.165) is 42.2 Å². The highest BCUT2D eigenvalue weighted by atomic mass is 32.1. The van der Waals surface area contributed by atoms with Gasteiger partial charge in [-0.3, -0.25) is 4.79 Å². The third-order valence-corrected chi connectivity index (χ3v) is 4.44. The predicted octanol–water partition coefficient (Wildman–Crippen LogP) is 3.50. The van der Waals surface area contributed by atoms with E-state index in [9.17, 15) is 4.79 Å². The number of hydrogen-bond donors (Lipinski definition) is 0. The van der Waals surface area contributed by atoms with Gasteiger partial charge in [-0.25, -0.2) is 0 Å². The molecule has 94 valence electrons. The van der Waals surface area contributed by atoms with E-state index in [4.69, 9.17) is 0 Å². The van der Waals surface area contributed by atoms with Crippen molar-refractivity contribution in [2.24, 2.45) is 11.8 Å². The molecule has 0 aliphatic heterocycles. The van der Waals surface area contributed by atoms with Gasteiger partial charge in [0.2, 0.25) is 0 Å². The normalized spacial score (nSPS) is 24.8. The van der Waals surface area contributed by atoms with Crippen molar-refractivity contribution in [2.75, 3.05) is 0 Å². The summed E-state index contributed by atoms with van der Waals surface area (Å²) in [5.41, 5.74) is 0.918. The molecule has 0 bridgehead atoms. The van der Waals surface area contributed by atoms with Crippen molar-refractivity contribution >= 4 is 17.3 Å². The fourth-order valence-corrected chi connectivity index (χ4v) is 3.23. The lowest BCUT2D eigenvalue weighted by Gasteiger charge is -2.24. The number of Topliss-reactive ketones (excluding diaryl/α,β-unsaturated/α-hetero) is 1. The number of ketones is 1. The molecule has 1 aliphatic rings. The van der Waals surface area contributed by atoms with Crippen molar-refractivity contribution in [3.8, 4) is 0 Å². The monoisotopic (exact) mass is 252 g/mol. The Hall–Kier alpha value is -0.770. The number of aryl methyl sites for hydroxylation is 1. The topological polar surface area (TPSA) is 42.9 Å². The Bertz CT molecular complexity index is 381. The molecule has 1 aliphatic carbocycles. The van der Waals surface area contributed by atoms with Crippen LogP contribution in [0.25, 0.3) is 0 Å². The third kappa shape index (κ3) is 2.92. The molecule has 1 aromatic heterocycles. The summed E-state index contributed by atoms with van der Waals surface area (Å²) in [6, 6.07) is 0. The van der Waals surface area contributed by atoms with Crippen LogP contribution in [0.5, 0.6) is 0 Å². The first-order chi connectivity index (χ1) is 8.22. The van der Waals surface area contributed by atoms with E-state index >= 15 is 0 Å². The summed E-state index contributed by atoms with van der Waals surface area (Å²) in [6.45, 7) is 4.38. The van der Waals surface area contributed by atoms with Gasteiger partial charge in [0.05, 0.1) is 5.69 Å². The summed E-state index contributed by atoms with van der Waals surface area (Å²) in [6.07, 6.45) is 6.36. The van der Waals surface area contributed by atoms with Gasteiger partial charge in [0.1, 0.15) is 4.88 Å². The van der Waals surface area contributed by atoms with Crippen LogP contribution in [0.1, 0.15) is 61.3 Å². The van der Waals surface area contributed by atoms with E-state index in [1.807, 2.05) is 0 Å². The number of carbonyl (C=O) groups is 1. The molecular weight excluding hydrogens is 232 g/mol. The molecule has 0 atom stereocenters. The van der Waals surface area contributed by atoms with Crippen LogP contribution in [0.4, 0.5) is 0 Å². The second-order valence-electron chi connectivity index (χ2n) is 5.12. The second-order valence-corrected chi connectivity index (χ2v) is 5.87. The smallest absolute Gasteiger partial charge is 0.179 e. The standard InChI is InChI=1S/C13H20N2OS/c1-3-4-11-13(17-15-14-11)12(16)10-7-5-9(2)6-8-10/h9-10H,3-8H2,1-2H3. The molecule has 1 heterocycles. The molecule has 0 unspecified atom stereocenters. The van der Waals surface area contributed by atoms with Crippen molar-refractivity contribution in [3.05, 3.63) is 10.6 Å². The molecule has 17 heavy (non-hydrogen) atoms. The van der Waals surface area contributed by atoms with E-state index in [1.54, 1.807) is 0 Å². The Morgan fingerprint density at radius 2 is 2.06 bits per heavy atom. The molecular formula is C13H20N2OS. The van der Waals surface area contributed by atoms with Crippen LogP contribution in [-0.4, -0.2) is 15.4 Å². The van der Waals surface area contributed by atoms with Crippen LogP contribution in [0, 0.1) is 11.8 Å². The van der Waals surface area contributed by atoms with Gasteiger partial charge in [0.15, 0.2) is 5.78 Å². The lowest BCUT2D eigenvalue weighted by Crippen LogP contribution is -2.21. The van der Waals surface area contributed by atoms with Gasteiger partial charge < -0.3 is 0 Å². The van der Waals surface area contributed by atoms with Crippen LogP contribution in [0.2, 0.25) is 0 Å². The van der Waals surface area contributed by atoms with Gasteiger partial charge >= 0.3 is 0 Å². The van der Waals surface area contributed by atoms with Gasteiger partial charge in [-0.1, -0.05) is 37.6 Å². The maximum Gasteiger partial charge on any atom is 0.179 e. The van der Waals surface area contributed by atoms with Gasteiger partial charge in [-0.2, -0.15) is 0 Å². The van der Waals surface area contributed by atoms with Crippen LogP contribution in [-0.2, 0) is 6.42 Å². The van der Waals surface area contributed by atoms with Crippen molar-refractivity contribution < 1.29 is 4.79 Å². The molecule has 0 amide bonds. The summed E-state index contributed by atoms with van der Waals surface area (Å²) in [7, 11) is 0. The molecule has 3 nitrogen and oxygen atoms in total. The van der Waals surface area contributed by atoms with E-state index < -0.39 is 0 Å². The molecule has 1 saturated carbocycles. The highest BCUT2D eigenvalue weighted by Gasteiger charge is 2.28. The SMILES string of the molecule is CCCc1nnsc1C(=O)C1CCC(C)CC1. The molecule has 1 aromatic rings. The Kier molecular flexibility index (Phi) is 4.26. The minimum atomic E-state index is 0.226. The first kappa shape index (κ1) is 12.7. The molecule has 0 spiro atoms. The quantitative estimate of drug-likeness (QED) is 0.770. The predicted molar refractivity (Wildman–Crippen MR) is 69.4 cm³/mol. The van der Waals surface area contributed by atoms with Crippen LogP contribution in [0.15, 0.2) is 0 Å². The molecule has 0 saturated heterocycles. The van der Waals surface area contributed by atoms with Crippen LogP contribution >= 0.6 is 11.5 Å². The average molecular weight is 252 g/mol.